The Labute approximate surface area is 125 Å². The monoisotopic (exact) mass is 339 g/mol. The average molecular weight is 340 g/mol. The van der Waals surface area contributed by atoms with E-state index < -0.39 is 4.92 Å². The lowest BCUT2D eigenvalue weighted by Gasteiger charge is -2.13. The molecule has 0 fully saturated rings. The van der Waals surface area contributed by atoms with Crippen LogP contribution < -0.4 is 5.32 Å². The number of nitro benzene ring substituents is 1. The van der Waals surface area contributed by atoms with Gasteiger partial charge in [-0.1, -0.05) is 13.0 Å². The van der Waals surface area contributed by atoms with Gasteiger partial charge in [-0.3, -0.25) is 14.9 Å². The highest BCUT2D eigenvalue weighted by Crippen LogP contribution is 2.25. The molecule has 1 N–H and O–H groups in total. The molecule has 106 valence electrons. The first-order valence-electron chi connectivity index (χ1n) is 6.07. The number of carbonyl (C=O) groups is 1. The first kappa shape index (κ1) is 16.1. The fourth-order valence-electron chi connectivity index (χ4n) is 1.68. The van der Waals surface area contributed by atoms with E-state index in [1.807, 2.05) is 13.0 Å². The van der Waals surface area contributed by atoms with Gasteiger partial charge < -0.3 is 5.32 Å². The number of carbonyl (C=O) groups excluding carboxylic acids is 1. The second-order valence-corrected chi connectivity index (χ2v) is 5.11. The quantitative estimate of drug-likeness (QED) is 0.636. The molecule has 0 spiro atoms. The SMILES string of the molecule is CCC(CC#N)NC(=O)Cc1ccc(Br)c([N+](=O)[O-])c1. The standard InChI is InChI=1S/C13H14BrN3O3/c1-2-10(5-6-15)16-13(18)8-9-3-4-11(14)12(7-9)17(19)20/h3-4,7,10H,2,5,8H2,1H3,(H,16,18). The van der Waals surface area contributed by atoms with Crippen molar-refractivity contribution in [3.63, 3.8) is 0 Å². The number of nitro groups is 1. The minimum atomic E-state index is -0.504. The van der Waals surface area contributed by atoms with Crippen molar-refractivity contribution in [1.82, 2.24) is 5.32 Å². The molecule has 7 heteroatoms. The van der Waals surface area contributed by atoms with Gasteiger partial charge in [0.1, 0.15) is 0 Å². The van der Waals surface area contributed by atoms with Gasteiger partial charge in [0.2, 0.25) is 5.91 Å². The van der Waals surface area contributed by atoms with Crippen LogP contribution in [0.15, 0.2) is 22.7 Å². The van der Waals surface area contributed by atoms with Crippen LogP contribution in [-0.4, -0.2) is 16.9 Å². The molecular weight excluding hydrogens is 326 g/mol. The van der Waals surface area contributed by atoms with Crippen molar-refractivity contribution in [2.75, 3.05) is 0 Å². The first-order chi connectivity index (χ1) is 9.47. The Bertz CT molecular complexity index is 554. The van der Waals surface area contributed by atoms with Crippen LogP contribution in [0.3, 0.4) is 0 Å². The summed E-state index contributed by atoms with van der Waals surface area (Å²) in [6.45, 7) is 1.88. The molecule has 0 radical (unpaired) electrons. The summed E-state index contributed by atoms with van der Waals surface area (Å²) < 4.78 is 0.377. The van der Waals surface area contributed by atoms with E-state index in [0.717, 1.165) is 0 Å². The summed E-state index contributed by atoms with van der Waals surface area (Å²) in [6.07, 6.45) is 0.971. The molecule has 0 aliphatic carbocycles. The highest BCUT2D eigenvalue weighted by atomic mass is 79.9. The molecule has 1 rings (SSSR count). The smallest absolute Gasteiger partial charge is 0.283 e. The van der Waals surface area contributed by atoms with Crippen LogP contribution in [0.2, 0.25) is 0 Å². The Morgan fingerprint density at radius 2 is 2.30 bits per heavy atom. The van der Waals surface area contributed by atoms with Crippen molar-refractivity contribution in [3.05, 3.63) is 38.3 Å². The first-order valence-corrected chi connectivity index (χ1v) is 6.86. The molecule has 0 aliphatic heterocycles. The zero-order valence-electron chi connectivity index (χ0n) is 10.9. The highest BCUT2D eigenvalue weighted by Gasteiger charge is 2.15. The maximum atomic E-state index is 11.8. The van der Waals surface area contributed by atoms with Gasteiger partial charge in [-0.05, 0) is 34.0 Å². The lowest BCUT2D eigenvalue weighted by atomic mass is 10.1. The summed E-state index contributed by atoms with van der Waals surface area (Å²) in [5.41, 5.74) is 0.489. The van der Waals surface area contributed by atoms with E-state index in [4.69, 9.17) is 5.26 Å². The van der Waals surface area contributed by atoms with Crippen molar-refractivity contribution < 1.29 is 9.72 Å². The Hall–Kier alpha value is -1.94. The van der Waals surface area contributed by atoms with Crippen LogP contribution in [0, 0.1) is 21.4 Å². The van der Waals surface area contributed by atoms with Crippen LogP contribution in [0.25, 0.3) is 0 Å². The average Bonchev–Trinajstić information content (AvgIpc) is 2.40. The lowest BCUT2D eigenvalue weighted by molar-refractivity contribution is -0.385. The van der Waals surface area contributed by atoms with Gasteiger partial charge in [-0.15, -0.1) is 0 Å². The van der Waals surface area contributed by atoms with Crippen molar-refractivity contribution in [2.45, 2.75) is 32.2 Å². The number of hydrogen-bond acceptors (Lipinski definition) is 4. The van der Waals surface area contributed by atoms with Crippen molar-refractivity contribution in [2.24, 2.45) is 0 Å². The van der Waals surface area contributed by atoms with E-state index in [-0.39, 0.29) is 30.5 Å². The summed E-state index contributed by atoms with van der Waals surface area (Å²) in [7, 11) is 0. The Balaban J connectivity index is 2.74. The van der Waals surface area contributed by atoms with Crippen LogP contribution in [0.4, 0.5) is 5.69 Å². The number of amides is 1. The van der Waals surface area contributed by atoms with Crippen molar-refractivity contribution >= 4 is 27.5 Å². The predicted octanol–water partition coefficient (Wildman–Crippen LogP) is 2.71. The van der Waals surface area contributed by atoms with E-state index in [2.05, 4.69) is 21.2 Å². The minimum absolute atomic E-state index is 0.0516. The maximum absolute atomic E-state index is 11.8. The molecule has 0 heterocycles. The van der Waals surface area contributed by atoms with E-state index in [9.17, 15) is 14.9 Å². The summed E-state index contributed by atoms with van der Waals surface area (Å²) in [4.78, 5) is 22.1. The van der Waals surface area contributed by atoms with E-state index in [1.165, 1.54) is 6.07 Å². The topological polar surface area (TPSA) is 96.0 Å². The van der Waals surface area contributed by atoms with Crippen LogP contribution >= 0.6 is 15.9 Å². The number of hydrogen-bond donors (Lipinski definition) is 1. The lowest BCUT2D eigenvalue weighted by Crippen LogP contribution is -2.35. The Morgan fingerprint density at radius 3 is 2.85 bits per heavy atom. The fourth-order valence-corrected chi connectivity index (χ4v) is 2.07. The molecule has 0 aromatic heterocycles. The minimum Gasteiger partial charge on any atom is -0.352 e. The summed E-state index contributed by atoms with van der Waals surface area (Å²) in [5, 5.41) is 22.2. The fraction of sp³-hybridized carbons (Fsp3) is 0.385. The molecule has 1 atom stereocenters. The third-order valence-corrected chi connectivity index (χ3v) is 3.44. The van der Waals surface area contributed by atoms with Crippen LogP contribution in [-0.2, 0) is 11.2 Å². The number of nitrogens with zero attached hydrogens (tertiary/aromatic N) is 2. The van der Waals surface area contributed by atoms with Gasteiger partial charge in [0.05, 0.1) is 28.3 Å². The molecule has 1 amide bonds. The normalized spacial score (nSPS) is 11.4. The molecule has 6 nitrogen and oxygen atoms in total. The van der Waals surface area contributed by atoms with Gasteiger partial charge >= 0.3 is 0 Å². The molecule has 0 saturated carbocycles. The van der Waals surface area contributed by atoms with Gasteiger partial charge in [0.25, 0.3) is 5.69 Å². The van der Waals surface area contributed by atoms with E-state index in [0.29, 0.717) is 16.5 Å². The molecule has 1 aromatic carbocycles. The predicted molar refractivity (Wildman–Crippen MR) is 77.0 cm³/mol. The number of nitriles is 1. The number of halogens is 1. The largest absolute Gasteiger partial charge is 0.352 e. The maximum Gasteiger partial charge on any atom is 0.283 e. The molecule has 1 unspecified atom stereocenters. The molecular formula is C13H14BrN3O3. The van der Waals surface area contributed by atoms with Crippen molar-refractivity contribution in [1.29, 1.82) is 5.26 Å². The van der Waals surface area contributed by atoms with Gasteiger partial charge in [-0.2, -0.15) is 5.26 Å². The van der Waals surface area contributed by atoms with E-state index in [1.54, 1.807) is 12.1 Å². The number of nitrogens with one attached hydrogen (secondary N) is 1. The van der Waals surface area contributed by atoms with Crippen molar-refractivity contribution in [3.8, 4) is 6.07 Å². The molecule has 0 aliphatic rings. The molecule has 0 bridgehead atoms. The second kappa shape index (κ2) is 7.60. The van der Waals surface area contributed by atoms with Gasteiger partial charge in [0, 0.05) is 12.1 Å². The molecule has 1 aromatic rings. The Morgan fingerprint density at radius 1 is 1.60 bits per heavy atom. The highest BCUT2D eigenvalue weighted by molar-refractivity contribution is 9.10. The van der Waals surface area contributed by atoms with Gasteiger partial charge in [0.15, 0.2) is 0 Å². The van der Waals surface area contributed by atoms with Crippen LogP contribution in [0.1, 0.15) is 25.3 Å². The van der Waals surface area contributed by atoms with Crippen LogP contribution in [0.5, 0.6) is 0 Å². The summed E-state index contributed by atoms with van der Waals surface area (Å²) in [5.74, 6) is -0.247. The zero-order valence-corrected chi connectivity index (χ0v) is 12.5. The third-order valence-electron chi connectivity index (χ3n) is 2.77. The number of benzene rings is 1. The van der Waals surface area contributed by atoms with E-state index >= 15 is 0 Å². The summed E-state index contributed by atoms with van der Waals surface area (Å²) in [6, 6.07) is 6.40. The molecule has 20 heavy (non-hydrogen) atoms. The third kappa shape index (κ3) is 4.63. The van der Waals surface area contributed by atoms with Gasteiger partial charge in [-0.25, -0.2) is 0 Å². The molecule has 0 saturated heterocycles. The Kier molecular flexibility index (Phi) is 6.12. The zero-order chi connectivity index (χ0) is 15.1. The summed E-state index contributed by atoms with van der Waals surface area (Å²) >= 11 is 3.09. The number of rotatable bonds is 6. The second-order valence-electron chi connectivity index (χ2n) is 4.25.